The van der Waals surface area contributed by atoms with Gasteiger partial charge in [-0.2, -0.15) is 0 Å². The van der Waals surface area contributed by atoms with Gasteiger partial charge in [-0.3, -0.25) is 0 Å². The average Bonchev–Trinajstić information content (AvgIpc) is 2.25. The van der Waals surface area contributed by atoms with Gasteiger partial charge in [0.1, 0.15) is 0 Å². The van der Waals surface area contributed by atoms with Gasteiger partial charge in [0.05, 0.1) is 13.2 Å². The lowest BCUT2D eigenvalue weighted by molar-refractivity contribution is -0.159. The zero-order valence-electron chi connectivity index (χ0n) is 9.93. The fourth-order valence-electron chi connectivity index (χ4n) is 1.16. The molecule has 1 heterocycles. The van der Waals surface area contributed by atoms with Gasteiger partial charge in [0, 0.05) is 10.8 Å². The van der Waals surface area contributed by atoms with Crippen LogP contribution in [0.15, 0.2) is 12.2 Å². The molecule has 6 heteroatoms. The van der Waals surface area contributed by atoms with E-state index in [0.717, 1.165) is 0 Å². The summed E-state index contributed by atoms with van der Waals surface area (Å²) in [6.45, 7) is 7.55. The molecule has 96 valence electrons. The number of carbonyl (C=O) groups is 2. The molecule has 1 saturated heterocycles. The van der Waals surface area contributed by atoms with Gasteiger partial charge >= 0.3 is 11.9 Å². The highest BCUT2D eigenvalue weighted by atomic mass is 32.2. The Kier molecular flexibility index (Phi) is 5.50. The molecule has 0 N–H and O–H groups in total. The van der Waals surface area contributed by atoms with E-state index in [1.54, 1.807) is 0 Å². The Labute approximate surface area is 104 Å². The lowest BCUT2D eigenvalue weighted by atomic mass is 10.4. The van der Waals surface area contributed by atoms with Crippen LogP contribution in [0.3, 0.4) is 0 Å². The fraction of sp³-hybridized carbons (Fsp3) is 0.636. The van der Waals surface area contributed by atoms with Crippen molar-refractivity contribution >= 4 is 23.7 Å². The first-order valence-electron chi connectivity index (χ1n) is 5.24. The van der Waals surface area contributed by atoms with Gasteiger partial charge < -0.3 is 14.2 Å². The molecular formula is C11H16O5S. The van der Waals surface area contributed by atoms with Gasteiger partial charge in [0.15, 0.2) is 12.0 Å². The summed E-state index contributed by atoms with van der Waals surface area (Å²) >= 11 is 1.53. The smallest absolute Gasteiger partial charge is 0.345 e. The molecule has 1 aliphatic rings. The van der Waals surface area contributed by atoms with Gasteiger partial charge in [-0.15, -0.1) is 11.8 Å². The molecule has 5 nitrogen and oxygen atoms in total. The summed E-state index contributed by atoms with van der Waals surface area (Å²) in [6.07, 6.45) is 0. The molecular weight excluding hydrogens is 244 g/mol. The zero-order valence-corrected chi connectivity index (χ0v) is 10.7. The molecule has 2 unspecified atom stereocenters. The van der Waals surface area contributed by atoms with Crippen LogP contribution in [0.5, 0.6) is 0 Å². The minimum Gasteiger partial charge on any atom is -0.450 e. The lowest BCUT2D eigenvalue weighted by Crippen LogP contribution is -2.31. The average molecular weight is 260 g/mol. The van der Waals surface area contributed by atoms with Crippen molar-refractivity contribution in [3.63, 3.8) is 0 Å². The van der Waals surface area contributed by atoms with Crippen LogP contribution < -0.4 is 0 Å². The molecule has 1 aliphatic heterocycles. The minimum absolute atomic E-state index is 0.252. The monoisotopic (exact) mass is 260 g/mol. The van der Waals surface area contributed by atoms with Crippen LogP contribution in [0.2, 0.25) is 0 Å². The fourth-order valence-corrected chi connectivity index (χ4v) is 2.19. The first kappa shape index (κ1) is 14.1. The summed E-state index contributed by atoms with van der Waals surface area (Å²) in [4.78, 5) is 22.4. The van der Waals surface area contributed by atoms with Crippen LogP contribution in [0.25, 0.3) is 0 Å². The summed E-state index contributed by atoms with van der Waals surface area (Å²) < 4.78 is 15.0. The van der Waals surface area contributed by atoms with Crippen LogP contribution in [0.4, 0.5) is 0 Å². The van der Waals surface area contributed by atoms with Crippen molar-refractivity contribution in [3.05, 3.63) is 12.2 Å². The molecule has 0 bridgehead atoms. The van der Waals surface area contributed by atoms with E-state index < -0.39 is 18.5 Å². The van der Waals surface area contributed by atoms with Crippen molar-refractivity contribution < 1.29 is 23.8 Å². The highest BCUT2D eigenvalue weighted by Gasteiger charge is 2.23. The summed E-state index contributed by atoms with van der Waals surface area (Å²) in [5, 5.41) is 0.291. The van der Waals surface area contributed by atoms with Gasteiger partial charge in [0.2, 0.25) is 0 Å². The molecule has 0 spiro atoms. The summed E-state index contributed by atoms with van der Waals surface area (Å²) in [5.74, 6) is -1.17. The number of esters is 2. The van der Waals surface area contributed by atoms with Gasteiger partial charge in [-0.25, -0.2) is 9.59 Å². The number of carbonyl (C=O) groups excluding carboxylic acids is 2. The summed E-state index contributed by atoms with van der Waals surface area (Å²) in [7, 11) is 0. The number of rotatable bonds is 4. The Morgan fingerprint density at radius 2 is 2.18 bits per heavy atom. The normalized spacial score (nSPS) is 23.9. The maximum absolute atomic E-state index is 11.3. The maximum Gasteiger partial charge on any atom is 0.345 e. The van der Waals surface area contributed by atoms with Crippen LogP contribution in [-0.4, -0.2) is 42.4 Å². The van der Waals surface area contributed by atoms with Gasteiger partial charge in [0.25, 0.3) is 0 Å². The highest BCUT2D eigenvalue weighted by molar-refractivity contribution is 8.00. The second-order valence-corrected chi connectivity index (χ2v) is 5.36. The number of thioether (sulfide) groups is 1. The predicted molar refractivity (Wildman–Crippen MR) is 63.5 cm³/mol. The zero-order chi connectivity index (χ0) is 12.8. The SMILES string of the molecule is C=C(C)C(=O)OCC(=O)OC1COCC(C)S1. The van der Waals surface area contributed by atoms with Crippen LogP contribution in [-0.2, 0) is 23.8 Å². The van der Waals surface area contributed by atoms with E-state index in [9.17, 15) is 9.59 Å². The van der Waals surface area contributed by atoms with Crippen molar-refractivity contribution in [3.8, 4) is 0 Å². The van der Waals surface area contributed by atoms with Crippen molar-refractivity contribution in [1.29, 1.82) is 0 Å². The third-order valence-corrected chi connectivity index (χ3v) is 3.06. The van der Waals surface area contributed by atoms with E-state index in [1.807, 2.05) is 6.92 Å². The Morgan fingerprint density at radius 1 is 1.47 bits per heavy atom. The van der Waals surface area contributed by atoms with Crippen LogP contribution in [0, 0.1) is 0 Å². The molecule has 1 rings (SSSR count). The topological polar surface area (TPSA) is 61.8 Å². The molecule has 2 atom stereocenters. The van der Waals surface area contributed by atoms with Gasteiger partial charge in [-0.1, -0.05) is 13.5 Å². The van der Waals surface area contributed by atoms with Crippen molar-refractivity contribution in [2.24, 2.45) is 0 Å². The second-order valence-electron chi connectivity index (χ2n) is 3.76. The standard InChI is InChI=1S/C11H16O5S/c1-7(2)11(13)15-5-9(12)16-10-6-14-4-8(3)17-10/h8,10H,1,4-6H2,2-3H3. The van der Waals surface area contributed by atoms with E-state index in [1.165, 1.54) is 18.7 Å². The molecule has 1 fully saturated rings. The quantitative estimate of drug-likeness (QED) is 0.558. The molecule has 0 amide bonds. The second kappa shape index (κ2) is 6.66. The summed E-state index contributed by atoms with van der Waals surface area (Å²) in [5.41, 5.74) is -0.0726. The molecule has 0 aromatic heterocycles. The van der Waals surface area contributed by atoms with Crippen molar-refractivity contribution in [2.45, 2.75) is 24.5 Å². The molecule has 0 aliphatic carbocycles. The van der Waals surface area contributed by atoms with Crippen LogP contribution in [0.1, 0.15) is 13.8 Å². The van der Waals surface area contributed by atoms with Crippen molar-refractivity contribution in [2.75, 3.05) is 19.8 Å². The molecule has 0 saturated carbocycles. The van der Waals surface area contributed by atoms with E-state index >= 15 is 0 Å². The van der Waals surface area contributed by atoms with E-state index in [4.69, 9.17) is 9.47 Å². The Morgan fingerprint density at radius 3 is 2.76 bits per heavy atom. The minimum atomic E-state index is -0.595. The maximum atomic E-state index is 11.3. The highest BCUT2D eigenvalue weighted by Crippen LogP contribution is 2.24. The Hall–Kier alpha value is -1.01. The molecule has 17 heavy (non-hydrogen) atoms. The predicted octanol–water partition coefficient (Wildman–Crippen LogP) is 1.13. The summed E-state index contributed by atoms with van der Waals surface area (Å²) in [6, 6.07) is 0. The molecule has 0 aromatic rings. The van der Waals surface area contributed by atoms with Gasteiger partial charge in [-0.05, 0) is 6.92 Å². The first-order chi connectivity index (χ1) is 7.99. The third kappa shape index (κ3) is 5.23. The first-order valence-corrected chi connectivity index (χ1v) is 6.18. The van der Waals surface area contributed by atoms with Crippen molar-refractivity contribution in [1.82, 2.24) is 0 Å². The number of hydrogen-bond acceptors (Lipinski definition) is 6. The Balaban J connectivity index is 2.25. The van der Waals surface area contributed by atoms with E-state index in [0.29, 0.717) is 18.5 Å². The lowest BCUT2D eigenvalue weighted by Gasteiger charge is -2.26. The number of hydrogen-bond donors (Lipinski definition) is 0. The number of ether oxygens (including phenoxy) is 3. The largest absolute Gasteiger partial charge is 0.450 e. The van der Waals surface area contributed by atoms with E-state index in [-0.39, 0.29) is 11.0 Å². The van der Waals surface area contributed by atoms with Crippen LogP contribution >= 0.6 is 11.8 Å². The third-order valence-electron chi connectivity index (χ3n) is 1.92. The Bertz CT molecular complexity index is 315. The molecule has 0 aromatic carbocycles. The molecule has 0 radical (unpaired) electrons. The van der Waals surface area contributed by atoms with E-state index in [2.05, 4.69) is 11.3 Å².